The van der Waals surface area contributed by atoms with Crippen molar-refractivity contribution in [3.05, 3.63) is 29.0 Å². The number of hydrogen-bond acceptors (Lipinski definition) is 3. The fourth-order valence-corrected chi connectivity index (χ4v) is 3.86. The summed E-state index contributed by atoms with van der Waals surface area (Å²) in [4.78, 5) is 1.99. The summed E-state index contributed by atoms with van der Waals surface area (Å²) in [7, 11) is -3.82. The van der Waals surface area contributed by atoms with Crippen molar-refractivity contribution in [1.82, 2.24) is 9.62 Å². The Kier molecular flexibility index (Phi) is 8.24. The van der Waals surface area contributed by atoms with Crippen molar-refractivity contribution in [2.24, 2.45) is 5.92 Å². The number of likely N-dealkylation sites (tertiary alicyclic amines) is 1. The van der Waals surface area contributed by atoms with Gasteiger partial charge in [-0.3, -0.25) is 0 Å². The predicted molar refractivity (Wildman–Crippen MR) is 93.3 cm³/mol. The number of sulfonamides is 1. The van der Waals surface area contributed by atoms with Gasteiger partial charge >= 0.3 is 0 Å². The summed E-state index contributed by atoms with van der Waals surface area (Å²) in [6.45, 7) is 5.56. The van der Waals surface area contributed by atoms with Crippen LogP contribution in [0.2, 0.25) is 5.02 Å². The number of nitrogens with zero attached hydrogens (tertiary/aromatic N) is 1. The van der Waals surface area contributed by atoms with Gasteiger partial charge in [0.1, 0.15) is 10.7 Å². The Bertz CT molecular complexity index is 605. The van der Waals surface area contributed by atoms with E-state index < -0.39 is 15.8 Å². The third kappa shape index (κ3) is 6.19. The van der Waals surface area contributed by atoms with E-state index in [1.165, 1.54) is 25.0 Å². The average Bonchev–Trinajstić information content (AvgIpc) is 2.45. The first kappa shape index (κ1) is 20.6. The molecular formula is C15H23Cl2FN2O2S. The van der Waals surface area contributed by atoms with E-state index in [-0.39, 0.29) is 22.3 Å². The van der Waals surface area contributed by atoms with Crippen LogP contribution in [0.4, 0.5) is 4.39 Å². The summed E-state index contributed by atoms with van der Waals surface area (Å²) < 4.78 is 40.2. The molecule has 23 heavy (non-hydrogen) atoms. The van der Waals surface area contributed by atoms with E-state index in [9.17, 15) is 12.8 Å². The van der Waals surface area contributed by atoms with E-state index in [0.717, 1.165) is 31.6 Å². The van der Waals surface area contributed by atoms with E-state index in [4.69, 9.17) is 11.6 Å². The molecule has 2 rings (SSSR count). The zero-order chi connectivity index (χ0) is 16.2. The molecule has 1 aliphatic rings. The van der Waals surface area contributed by atoms with Crippen molar-refractivity contribution < 1.29 is 12.8 Å². The van der Waals surface area contributed by atoms with Gasteiger partial charge in [0.2, 0.25) is 10.0 Å². The highest BCUT2D eigenvalue weighted by molar-refractivity contribution is 7.89. The number of hydrogen-bond donors (Lipinski definition) is 1. The molecule has 1 aliphatic heterocycles. The summed E-state index contributed by atoms with van der Waals surface area (Å²) in [6.07, 6.45) is 3.10. The quantitative estimate of drug-likeness (QED) is 0.765. The summed E-state index contributed by atoms with van der Waals surface area (Å²) in [5, 5.41) is 0.177. The first-order valence-corrected chi connectivity index (χ1v) is 9.41. The van der Waals surface area contributed by atoms with Crippen LogP contribution in [-0.4, -0.2) is 39.5 Å². The molecule has 0 amide bonds. The molecule has 0 unspecified atom stereocenters. The second-order valence-corrected chi connectivity index (χ2v) is 8.02. The average molecular weight is 385 g/mol. The monoisotopic (exact) mass is 384 g/mol. The Morgan fingerprint density at radius 3 is 2.61 bits per heavy atom. The van der Waals surface area contributed by atoms with Gasteiger partial charge in [-0.05, 0) is 63.0 Å². The SMILES string of the molecule is CC1CCN(CCCNS(=O)(=O)c2ccc(Cl)cc2F)CC1.Cl. The second-order valence-electron chi connectivity index (χ2n) is 5.85. The summed E-state index contributed by atoms with van der Waals surface area (Å²) in [5.74, 6) is -0.0485. The van der Waals surface area contributed by atoms with Gasteiger partial charge in [-0.1, -0.05) is 18.5 Å². The van der Waals surface area contributed by atoms with E-state index in [0.29, 0.717) is 13.0 Å². The predicted octanol–water partition coefficient (Wildman–Crippen LogP) is 3.30. The fraction of sp³-hybridized carbons (Fsp3) is 0.600. The first-order chi connectivity index (χ1) is 10.4. The molecule has 132 valence electrons. The minimum absolute atomic E-state index is 0. The Morgan fingerprint density at radius 2 is 2.00 bits per heavy atom. The largest absolute Gasteiger partial charge is 0.303 e. The van der Waals surface area contributed by atoms with E-state index in [1.54, 1.807) is 0 Å². The van der Waals surface area contributed by atoms with Crippen LogP contribution in [0.1, 0.15) is 26.2 Å². The van der Waals surface area contributed by atoms with Crippen LogP contribution in [0.25, 0.3) is 0 Å². The van der Waals surface area contributed by atoms with Gasteiger partial charge < -0.3 is 4.90 Å². The van der Waals surface area contributed by atoms with Gasteiger partial charge in [-0.25, -0.2) is 17.5 Å². The molecule has 0 spiro atoms. The Labute approximate surface area is 148 Å². The Morgan fingerprint density at radius 1 is 1.35 bits per heavy atom. The fourth-order valence-electron chi connectivity index (χ4n) is 2.57. The van der Waals surface area contributed by atoms with Crippen molar-refractivity contribution in [3.8, 4) is 0 Å². The van der Waals surface area contributed by atoms with Gasteiger partial charge in [0.25, 0.3) is 0 Å². The highest BCUT2D eigenvalue weighted by atomic mass is 35.5. The molecule has 1 heterocycles. The number of nitrogens with one attached hydrogen (secondary N) is 1. The molecule has 0 bridgehead atoms. The minimum Gasteiger partial charge on any atom is -0.303 e. The molecule has 1 fully saturated rings. The zero-order valence-corrected chi connectivity index (χ0v) is 15.5. The lowest BCUT2D eigenvalue weighted by Crippen LogP contribution is -2.35. The minimum atomic E-state index is -3.82. The molecule has 0 aromatic heterocycles. The normalized spacial score (nSPS) is 17.0. The van der Waals surface area contributed by atoms with Crippen LogP contribution >= 0.6 is 24.0 Å². The van der Waals surface area contributed by atoms with Crippen molar-refractivity contribution in [2.45, 2.75) is 31.1 Å². The van der Waals surface area contributed by atoms with Gasteiger partial charge in [0.05, 0.1) is 0 Å². The number of halogens is 3. The van der Waals surface area contributed by atoms with E-state index in [1.807, 2.05) is 0 Å². The Hall–Kier alpha value is -0.400. The summed E-state index contributed by atoms with van der Waals surface area (Å²) in [6, 6.07) is 3.56. The van der Waals surface area contributed by atoms with Crippen LogP contribution in [0.15, 0.2) is 23.1 Å². The topological polar surface area (TPSA) is 49.4 Å². The third-order valence-electron chi connectivity index (χ3n) is 4.00. The Balaban J connectivity index is 0.00000264. The lowest BCUT2D eigenvalue weighted by atomic mass is 9.99. The highest BCUT2D eigenvalue weighted by Gasteiger charge is 2.19. The smallest absolute Gasteiger partial charge is 0.243 e. The highest BCUT2D eigenvalue weighted by Crippen LogP contribution is 2.19. The number of piperidine rings is 1. The molecule has 4 nitrogen and oxygen atoms in total. The van der Waals surface area contributed by atoms with Crippen molar-refractivity contribution in [1.29, 1.82) is 0 Å². The molecule has 8 heteroatoms. The maximum atomic E-state index is 13.7. The summed E-state index contributed by atoms with van der Waals surface area (Å²) in [5.41, 5.74) is 0. The molecule has 1 aromatic carbocycles. The molecule has 0 radical (unpaired) electrons. The van der Waals surface area contributed by atoms with Gasteiger partial charge in [0, 0.05) is 11.6 Å². The standard InChI is InChI=1S/C15H22ClFN2O2S.ClH/c1-12-5-9-19(10-6-12)8-2-7-18-22(20,21)15-4-3-13(16)11-14(15)17;/h3-4,11-12,18H,2,5-10H2,1H3;1H. The van der Waals surface area contributed by atoms with Crippen molar-refractivity contribution in [2.75, 3.05) is 26.2 Å². The number of benzene rings is 1. The molecule has 0 atom stereocenters. The number of rotatable bonds is 6. The maximum Gasteiger partial charge on any atom is 0.243 e. The lowest BCUT2D eigenvalue weighted by molar-refractivity contribution is 0.191. The van der Waals surface area contributed by atoms with Crippen molar-refractivity contribution >= 4 is 34.0 Å². The molecule has 1 N–H and O–H groups in total. The summed E-state index contributed by atoms with van der Waals surface area (Å²) >= 11 is 5.63. The molecule has 1 saturated heterocycles. The lowest BCUT2D eigenvalue weighted by Gasteiger charge is -2.30. The maximum absolute atomic E-state index is 13.7. The van der Waals surface area contributed by atoms with E-state index in [2.05, 4.69) is 16.5 Å². The zero-order valence-electron chi connectivity index (χ0n) is 13.1. The van der Waals surface area contributed by atoms with Gasteiger partial charge in [-0.15, -0.1) is 12.4 Å². The van der Waals surface area contributed by atoms with E-state index >= 15 is 0 Å². The van der Waals surface area contributed by atoms with Gasteiger partial charge in [0.15, 0.2) is 0 Å². The van der Waals surface area contributed by atoms with Crippen LogP contribution in [0, 0.1) is 11.7 Å². The molecule has 0 aliphatic carbocycles. The second kappa shape index (κ2) is 9.18. The molecule has 0 saturated carbocycles. The molecular weight excluding hydrogens is 362 g/mol. The van der Waals surface area contributed by atoms with Crippen LogP contribution < -0.4 is 4.72 Å². The third-order valence-corrected chi connectivity index (χ3v) is 5.73. The van der Waals surface area contributed by atoms with Crippen LogP contribution in [-0.2, 0) is 10.0 Å². The van der Waals surface area contributed by atoms with Crippen LogP contribution in [0.5, 0.6) is 0 Å². The molecule has 1 aromatic rings. The first-order valence-electron chi connectivity index (χ1n) is 7.55. The van der Waals surface area contributed by atoms with Crippen molar-refractivity contribution in [3.63, 3.8) is 0 Å². The van der Waals surface area contributed by atoms with Crippen LogP contribution in [0.3, 0.4) is 0 Å². The van der Waals surface area contributed by atoms with Gasteiger partial charge in [-0.2, -0.15) is 0 Å².